The van der Waals surface area contributed by atoms with E-state index in [4.69, 9.17) is 16.3 Å². The lowest BCUT2D eigenvalue weighted by molar-refractivity contribution is 0.167. The van der Waals surface area contributed by atoms with Crippen molar-refractivity contribution in [3.63, 3.8) is 0 Å². The van der Waals surface area contributed by atoms with Crippen LogP contribution >= 0.6 is 11.6 Å². The van der Waals surface area contributed by atoms with Gasteiger partial charge in [-0.2, -0.15) is 0 Å². The molecule has 0 N–H and O–H groups in total. The third-order valence-corrected chi connectivity index (χ3v) is 3.19. The van der Waals surface area contributed by atoms with Gasteiger partial charge in [0, 0.05) is 5.88 Å². The third kappa shape index (κ3) is 19.2. The number of halogens is 1. The fraction of sp³-hybridized carbons (Fsp3) is 0.632. The van der Waals surface area contributed by atoms with E-state index < -0.39 is 0 Å². The van der Waals surface area contributed by atoms with Crippen LogP contribution in [-0.2, 0) is 4.74 Å². The van der Waals surface area contributed by atoms with E-state index in [1.54, 1.807) is 0 Å². The van der Waals surface area contributed by atoms with Gasteiger partial charge in [-0.1, -0.05) is 44.1 Å². The molecule has 0 heterocycles. The molecule has 0 saturated heterocycles. The lowest BCUT2D eigenvalue weighted by atomic mass is 10.2. The fourth-order valence-corrected chi connectivity index (χ4v) is 1.86. The molecule has 0 unspecified atom stereocenters. The number of alkyl halides is 1. The molecule has 0 rings (SSSR count). The van der Waals surface area contributed by atoms with Crippen molar-refractivity contribution in [2.75, 3.05) is 19.1 Å². The SMILES string of the molecule is CCCCCC=CCC=CCCOCC=C=CCCCCl. The topological polar surface area (TPSA) is 9.23 Å². The molecule has 0 radical (unpaired) electrons. The predicted octanol–water partition coefficient (Wildman–Crippen LogP) is 6.21. The minimum Gasteiger partial charge on any atom is -0.376 e. The Morgan fingerprint density at radius 3 is 2.48 bits per heavy atom. The second-order valence-electron chi connectivity index (χ2n) is 4.94. The Balaban J connectivity index is 3.30. The molecule has 0 aliphatic heterocycles. The largest absolute Gasteiger partial charge is 0.376 e. The summed E-state index contributed by atoms with van der Waals surface area (Å²) in [5.41, 5.74) is 3.10. The van der Waals surface area contributed by atoms with Gasteiger partial charge >= 0.3 is 0 Å². The van der Waals surface area contributed by atoms with E-state index in [1.165, 1.54) is 25.7 Å². The molecule has 0 aromatic rings. The van der Waals surface area contributed by atoms with Crippen LogP contribution in [0.3, 0.4) is 0 Å². The number of ether oxygens (including phenoxy) is 1. The summed E-state index contributed by atoms with van der Waals surface area (Å²) < 4.78 is 5.48. The fourth-order valence-electron chi connectivity index (χ4n) is 1.71. The highest BCUT2D eigenvalue weighted by atomic mass is 35.5. The van der Waals surface area contributed by atoms with Crippen molar-refractivity contribution in [1.82, 2.24) is 0 Å². The zero-order chi connectivity index (χ0) is 15.4. The molecule has 0 amide bonds. The van der Waals surface area contributed by atoms with Gasteiger partial charge in [-0.25, -0.2) is 0 Å². The van der Waals surface area contributed by atoms with Gasteiger partial charge in [0.2, 0.25) is 0 Å². The van der Waals surface area contributed by atoms with Gasteiger partial charge in [0.1, 0.15) is 0 Å². The maximum atomic E-state index is 5.58. The standard InChI is InChI=1S/C19H31ClO/c1-2-3-4-5-6-7-8-9-12-15-18-21-19-16-13-10-11-14-17-20/h6-7,9-10,12,16H,2-5,8,11,14-15,17-19H2,1H3. The molecule has 0 saturated carbocycles. The van der Waals surface area contributed by atoms with Crippen LogP contribution in [0.2, 0.25) is 0 Å². The van der Waals surface area contributed by atoms with Gasteiger partial charge in [-0.05, 0) is 50.7 Å². The molecule has 1 nitrogen and oxygen atoms in total. The molecule has 21 heavy (non-hydrogen) atoms. The molecule has 0 bridgehead atoms. The van der Waals surface area contributed by atoms with E-state index in [-0.39, 0.29) is 0 Å². The van der Waals surface area contributed by atoms with Crippen molar-refractivity contribution in [2.45, 2.75) is 58.3 Å². The molecular formula is C19H31ClO. The summed E-state index contributed by atoms with van der Waals surface area (Å²) in [5, 5.41) is 0. The summed E-state index contributed by atoms with van der Waals surface area (Å²) >= 11 is 5.58. The zero-order valence-corrected chi connectivity index (χ0v) is 14.3. The van der Waals surface area contributed by atoms with Crippen LogP contribution in [0.15, 0.2) is 42.2 Å². The Kier molecular flexibility index (Phi) is 18.6. The first-order valence-electron chi connectivity index (χ1n) is 8.25. The van der Waals surface area contributed by atoms with Crippen LogP contribution in [0, 0.1) is 0 Å². The van der Waals surface area contributed by atoms with E-state index in [0.29, 0.717) is 6.61 Å². The van der Waals surface area contributed by atoms with Crippen molar-refractivity contribution >= 4 is 11.6 Å². The highest BCUT2D eigenvalue weighted by Gasteiger charge is 1.83. The summed E-state index contributed by atoms with van der Waals surface area (Å²) in [5.74, 6) is 0.717. The van der Waals surface area contributed by atoms with E-state index >= 15 is 0 Å². The number of rotatable bonds is 14. The van der Waals surface area contributed by atoms with E-state index in [0.717, 1.165) is 38.2 Å². The van der Waals surface area contributed by atoms with Gasteiger partial charge in [0.05, 0.1) is 13.2 Å². The molecule has 0 aliphatic carbocycles. The average molecular weight is 311 g/mol. The molecule has 0 fully saturated rings. The third-order valence-electron chi connectivity index (χ3n) is 2.93. The lowest BCUT2D eigenvalue weighted by Crippen LogP contribution is -1.91. The van der Waals surface area contributed by atoms with Crippen LogP contribution in [0.1, 0.15) is 58.3 Å². The predicted molar refractivity (Wildman–Crippen MR) is 95.1 cm³/mol. The van der Waals surface area contributed by atoms with Gasteiger partial charge in [0.25, 0.3) is 0 Å². The summed E-state index contributed by atoms with van der Waals surface area (Å²) in [6, 6.07) is 0. The zero-order valence-electron chi connectivity index (χ0n) is 13.5. The molecule has 0 aliphatic rings. The van der Waals surface area contributed by atoms with Crippen LogP contribution < -0.4 is 0 Å². The van der Waals surface area contributed by atoms with Crippen LogP contribution in [0.25, 0.3) is 0 Å². The average Bonchev–Trinajstić information content (AvgIpc) is 2.50. The van der Waals surface area contributed by atoms with Crippen molar-refractivity contribution in [2.24, 2.45) is 0 Å². The van der Waals surface area contributed by atoms with E-state index in [9.17, 15) is 0 Å². The Morgan fingerprint density at radius 1 is 0.905 bits per heavy atom. The molecule has 0 spiro atoms. The Morgan fingerprint density at radius 2 is 1.71 bits per heavy atom. The lowest BCUT2D eigenvalue weighted by Gasteiger charge is -1.95. The molecule has 0 aromatic heterocycles. The molecule has 120 valence electrons. The van der Waals surface area contributed by atoms with Crippen LogP contribution in [0.4, 0.5) is 0 Å². The number of allylic oxidation sites excluding steroid dienone is 3. The van der Waals surface area contributed by atoms with Crippen LogP contribution in [-0.4, -0.2) is 19.1 Å². The maximum Gasteiger partial charge on any atom is 0.0721 e. The van der Waals surface area contributed by atoms with Gasteiger partial charge < -0.3 is 4.74 Å². The molecule has 0 aromatic carbocycles. The smallest absolute Gasteiger partial charge is 0.0721 e. The first kappa shape index (κ1) is 20.2. The van der Waals surface area contributed by atoms with Gasteiger partial charge in [0.15, 0.2) is 0 Å². The van der Waals surface area contributed by atoms with Crippen molar-refractivity contribution in [3.8, 4) is 0 Å². The first-order chi connectivity index (χ1) is 10.4. The highest BCUT2D eigenvalue weighted by Crippen LogP contribution is 2.00. The first-order valence-corrected chi connectivity index (χ1v) is 8.78. The summed E-state index contributed by atoms with van der Waals surface area (Å²) in [6.45, 7) is 3.65. The summed E-state index contributed by atoms with van der Waals surface area (Å²) in [4.78, 5) is 0. The Labute approximate surface area is 136 Å². The molecular weight excluding hydrogens is 280 g/mol. The van der Waals surface area contributed by atoms with Gasteiger partial charge in [-0.15, -0.1) is 17.3 Å². The van der Waals surface area contributed by atoms with Crippen molar-refractivity contribution in [1.29, 1.82) is 0 Å². The van der Waals surface area contributed by atoms with Crippen molar-refractivity contribution < 1.29 is 4.74 Å². The highest BCUT2D eigenvalue weighted by molar-refractivity contribution is 6.17. The van der Waals surface area contributed by atoms with Gasteiger partial charge in [-0.3, -0.25) is 0 Å². The summed E-state index contributed by atoms with van der Waals surface area (Å²) in [7, 11) is 0. The number of hydrogen-bond donors (Lipinski definition) is 0. The maximum absolute atomic E-state index is 5.58. The Bertz CT molecular complexity index is 312. The summed E-state index contributed by atoms with van der Waals surface area (Å²) in [6.07, 6.45) is 22.1. The van der Waals surface area contributed by atoms with Crippen molar-refractivity contribution in [3.05, 3.63) is 42.2 Å². The minimum absolute atomic E-state index is 0.641. The Hall–Kier alpha value is -0.750. The second kappa shape index (κ2) is 19.2. The van der Waals surface area contributed by atoms with E-state index in [1.807, 2.05) is 12.2 Å². The quantitative estimate of drug-likeness (QED) is 0.160. The normalized spacial score (nSPS) is 11.1. The number of hydrogen-bond acceptors (Lipinski definition) is 1. The monoisotopic (exact) mass is 310 g/mol. The minimum atomic E-state index is 0.641. The molecule has 2 heteroatoms. The van der Waals surface area contributed by atoms with Crippen LogP contribution in [0.5, 0.6) is 0 Å². The molecule has 0 atom stereocenters. The second-order valence-corrected chi connectivity index (χ2v) is 5.32. The number of unbranched alkanes of at least 4 members (excludes halogenated alkanes) is 4. The van der Waals surface area contributed by atoms with E-state index in [2.05, 4.69) is 37.0 Å².